The van der Waals surface area contributed by atoms with Crippen LogP contribution in [0, 0.1) is 11.3 Å². The maximum absolute atomic E-state index is 11.4. The molecule has 0 aromatic heterocycles. The van der Waals surface area contributed by atoms with Crippen LogP contribution < -0.4 is 5.73 Å². The van der Waals surface area contributed by atoms with E-state index >= 15 is 0 Å². The van der Waals surface area contributed by atoms with E-state index in [2.05, 4.69) is 4.90 Å². The van der Waals surface area contributed by atoms with E-state index in [1.54, 1.807) is 0 Å². The lowest BCUT2D eigenvalue weighted by molar-refractivity contribution is -0.130. The van der Waals surface area contributed by atoms with Crippen LogP contribution in [0.25, 0.3) is 0 Å². The van der Waals surface area contributed by atoms with E-state index in [0.717, 1.165) is 25.6 Å². The summed E-state index contributed by atoms with van der Waals surface area (Å²) in [5.41, 5.74) is 5.96. The Morgan fingerprint density at radius 3 is 2.76 bits per heavy atom. The first kappa shape index (κ1) is 11.5. The summed E-state index contributed by atoms with van der Waals surface area (Å²) in [5, 5.41) is 0. The highest BCUT2D eigenvalue weighted by Crippen LogP contribution is 2.54. The molecule has 1 aliphatic heterocycles. The molecule has 96 valence electrons. The van der Waals surface area contributed by atoms with Crippen molar-refractivity contribution in [3.63, 3.8) is 0 Å². The van der Waals surface area contributed by atoms with Crippen molar-refractivity contribution >= 4 is 5.91 Å². The third kappa shape index (κ3) is 2.08. The average molecular weight is 238 g/mol. The number of ether oxygens (including phenoxy) is 1. The van der Waals surface area contributed by atoms with Gasteiger partial charge in [0.2, 0.25) is 5.91 Å². The van der Waals surface area contributed by atoms with Gasteiger partial charge in [-0.05, 0) is 43.4 Å². The number of fused-ring (bicyclic) bond motifs is 2. The summed E-state index contributed by atoms with van der Waals surface area (Å²) in [7, 11) is 0. The maximum atomic E-state index is 11.4. The van der Waals surface area contributed by atoms with Crippen LogP contribution in [0.5, 0.6) is 0 Å². The highest BCUT2D eigenvalue weighted by atomic mass is 16.5. The van der Waals surface area contributed by atoms with Crippen molar-refractivity contribution in [3.05, 3.63) is 0 Å². The fourth-order valence-electron chi connectivity index (χ4n) is 4.05. The zero-order chi connectivity index (χ0) is 11.9. The van der Waals surface area contributed by atoms with Crippen LogP contribution in [0.15, 0.2) is 0 Å². The van der Waals surface area contributed by atoms with Crippen LogP contribution >= 0.6 is 0 Å². The van der Waals surface area contributed by atoms with Gasteiger partial charge in [-0.1, -0.05) is 0 Å². The topological polar surface area (TPSA) is 55.6 Å². The molecular weight excluding hydrogens is 216 g/mol. The highest BCUT2D eigenvalue weighted by molar-refractivity contribution is 5.80. The Balaban J connectivity index is 1.68. The molecule has 0 aromatic carbocycles. The molecule has 3 fully saturated rings. The van der Waals surface area contributed by atoms with Crippen molar-refractivity contribution in [2.45, 2.75) is 38.1 Å². The Labute approximate surface area is 102 Å². The van der Waals surface area contributed by atoms with E-state index < -0.39 is 0 Å². The summed E-state index contributed by atoms with van der Waals surface area (Å²) in [6, 6.07) is -0.197. The monoisotopic (exact) mass is 238 g/mol. The van der Waals surface area contributed by atoms with Crippen molar-refractivity contribution in [3.8, 4) is 0 Å². The molecule has 2 aliphatic carbocycles. The first-order chi connectivity index (χ1) is 8.19. The van der Waals surface area contributed by atoms with Gasteiger partial charge in [0.1, 0.15) is 6.04 Å². The average Bonchev–Trinajstić information content (AvgIpc) is 2.89. The van der Waals surface area contributed by atoms with Crippen LogP contribution in [0.1, 0.15) is 32.1 Å². The van der Waals surface area contributed by atoms with Crippen LogP contribution in [-0.4, -0.2) is 43.2 Å². The number of nitrogens with zero attached hydrogens (tertiary/aromatic N) is 1. The summed E-state index contributed by atoms with van der Waals surface area (Å²) < 4.78 is 5.37. The summed E-state index contributed by atoms with van der Waals surface area (Å²) in [4.78, 5) is 13.7. The molecule has 0 aromatic rings. The highest BCUT2D eigenvalue weighted by Gasteiger charge is 2.46. The largest absolute Gasteiger partial charge is 0.378 e. The summed E-state index contributed by atoms with van der Waals surface area (Å²) in [5.74, 6) is 0.733. The van der Waals surface area contributed by atoms with E-state index in [9.17, 15) is 4.79 Å². The van der Waals surface area contributed by atoms with Crippen LogP contribution in [0.3, 0.4) is 0 Å². The van der Waals surface area contributed by atoms with Crippen LogP contribution in [0.4, 0.5) is 0 Å². The molecule has 3 aliphatic rings. The zero-order valence-electron chi connectivity index (χ0n) is 10.4. The Kier molecular flexibility index (Phi) is 2.87. The van der Waals surface area contributed by atoms with E-state index in [4.69, 9.17) is 10.5 Å². The molecule has 4 nitrogen and oxygen atoms in total. The molecule has 0 spiro atoms. The predicted molar refractivity (Wildman–Crippen MR) is 64.4 cm³/mol. The second kappa shape index (κ2) is 4.25. The van der Waals surface area contributed by atoms with Gasteiger partial charge in [-0.3, -0.25) is 9.69 Å². The minimum absolute atomic E-state index is 0.197. The first-order valence-electron chi connectivity index (χ1n) is 6.80. The molecule has 0 unspecified atom stereocenters. The first-order valence-corrected chi connectivity index (χ1v) is 6.80. The second-order valence-corrected chi connectivity index (χ2v) is 6.11. The molecular formula is C13H22N2O2. The molecule has 1 saturated heterocycles. The number of carbonyl (C=O) groups is 1. The van der Waals surface area contributed by atoms with Crippen molar-refractivity contribution in [2.24, 2.45) is 17.1 Å². The molecule has 17 heavy (non-hydrogen) atoms. The van der Waals surface area contributed by atoms with Gasteiger partial charge in [0.15, 0.2) is 0 Å². The molecule has 1 atom stereocenters. The van der Waals surface area contributed by atoms with Crippen LogP contribution in [0.2, 0.25) is 0 Å². The van der Waals surface area contributed by atoms with Gasteiger partial charge in [0.05, 0.1) is 13.2 Å². The molecule has 1 amide bonds. The number of hydrogen-bond acceptors (Lipinski definition) is 3. The quantitative estimate of drug-likeness (QED) is 0.789. The molecule has 2 saturated carbocycles. The summed E-state index contributed by atoms with van der Waals surface area (Å²) >= 11 is 0. The lowest BCUT2D eigenvalue weighted by Gasteiger charge is -2.39. The number of rotatable bonds is 3. The number of primary amides is 1. The third-order valence-electron chi connectivity index (χ3n) is 4.99. The minimum Gasteiger partial charge on any atom is -0.378 e. The molecule has 3 rings (SSSR count). The lowest BCUT2D eigenvalue weighted by atomic mass is 9.83. The van der Waals surface area contributed by atoms with E-state index in [1.165, 1.54) is 32.1 Å². The van der Waals surface area contributed by atoms with E-state index in [0.29, 0.717) is 12.0 Å². The zero-order valence-corrected chi connectivity index (χ0v) is 10.4. The number of morpholine rings is 1. The Bertz CT molecular complexity index is 311. The van der Waals surface area contributed by atoms with E-state index in [-0.39, 0.29) is 11.9 Å². The number of nitrogens with two attached hydrogens (primary N) is 1. The predicted octanol–water partition coefficient (Wildman–Crippen LogP) is 0.753. The molecule has 2 N–H and O–H groups in total. The Hall–Kier alpha value is -0.610. The fourth-order valence-corrected chi connectivity index (χ4v) is 4.05. The number of carbonyl (C=O) groups excluding carboxylic acids is 1. The normalized spacial score (nSPS) is 41.9. The molecule has 4 heteroatoms. The van der Waals surface area contributed by atoms with E-state index in [1.807, 2.05) is 0 Å². The van der Waals surface area contributed by atoms with Gasteiger partial charge in [0.25, 0.3) is 0 Å². The maximum Gasteiger partial charge on any atom is 0.237 e. The van der Waals surface area contributed by atoms with Crippen molar-refractivity contribution < 1.29 is 9.53 Å². The van der Waals surface area contributed by atoms with Gasteiger partial charge in [-0.15, -0.1) is 0 Å². The van der Waals surface area contributed by atoms with Crippen molar-refractivity contribution in [1.29, 1.82) is 0 Å². The van der Waals surface area contributed by atoms with Crippen molar-refractivity contribution in [1.82, 2.24) is 4.90 Å². The fraction of sp³-hybridized carbons (Fsp3) is 0.923. The summed E-state index contributed by atoms with van der Waals surface area (Å²) in [6.45, 7) is 3.14. The lowest BCUT2D eigenvalue weighted by Crippen LogP contribution is -2.55. The Morgan fingerprint density at radius 1 is 1.41 bits per heavy atom. The van der Waals surface area contributed by atoms with Gasteiger partial charge in [-0.25, -0.2) is 0 Å². The molecule has 2 bridgehead atoms. The summed E-state index contributed by atoms with van der Waals surface area (Å²) in [6.07, 6.45) is 6.86. The van der Waals surface area contributed by atoms with Gasteiger partial charge < -0.3 is 10.5 Å². The van der Waals surface area contributed by atoms with Gasteiger partial charge >= 0.3 is 0 Å². The minimum atomic E-state index is -0.228. The standard InChI is InChI=1S/C13H22N2O2/c14-12(16)11-8-17-6-5-15(11)9-13-3-1-10(7-13)2-4-13/h10-11H,1-9H2,(H2,14,16)/t10?,11-,13?/m1/s1. The van der Waals surface area contributed by atoms with Crippen molar-refractivity contribution in [2.75, 3.05) is 26.3 Å². The SMILES string of the molecule is NC(=O)[C@H]1COCCN1CC12CCC(CC1)C2. The number of amides is 1. The molecule has 1 heterocycles. The smallest absolute Gasteiger partial charge is 0.237 e. The third-order valence-corrected chi connectivity index (χ3v) is 4.99. The van der Waals surface area contributed by atoms with Gasteiger partial charge in [0, 0.05) is 13.1 Å². The Morgan fingerprint density at radius 2 is 2.18 bits per heavy atom. The molecule has 0 radical (unpaired) electrons. The number of hydrogen-bond donors (Lipinski definition) is 1. The van der Waals surface area contributed by atoms with Crippen LogP contribution in [-0.2, 0) is 9.53 Å². The van der Waals surface area contributed by atoms with Gasteiger partial charge in [-0.2, -0.15) is 0 Å². The second-order valence-electron chi connectivity index (χ2n) is 6.11.